The van der Waals surface area contributed by atoms with E-state index in [0.717, 1.165) is 38.9 Å². The molecular formula is C29H33NO5S. The molecule has 1 aliphatic rings. The highest BCUT2D eigenvalue weighted by molar-refractivity contribution is 7.92. The maximum atomic E-state index is 13.0. The molecule has 0 saturated heterocycles. The second-order valence-electron chi connectivity index (χ2n) is 10.5. The van der Waals surface area contributed by atoms with Gasteiger partial charge in [0.25, 0.3) is 0 Å². The first-order chi connectivity index (χ1) is 16.7. The van der Waals surface area contributed by atoms with Gasteiger partial charge in [0.15, 0.2) is 6.10 Å². The fourth-order valence-corrected chi connectivity index (χ4v) is 6.01. The zero-order valence-corrected chi connectivity index (χ0v) is 22.7. The zero-order valence-electron chi connectivity index (χ0n) is 21.8. The number of rotatable bonds is 5. The van der Waals surface area contributed by atoms with Crippen molar-refractivity contribution >= 4 is 21.7 Å². The normalized spacial score (nSPS) is 14.2. The summed E-state index contributed by atoms with van der Waals surface area (Å²) in [5.74, 6) is -1.12. The fraction of sp³-hybridized carbons (Fsp3) is 0.345. The molecule has 0 radical (unpaired) electrons. The third kappa shape index (κ3) is 4.65. The van der Waals surface area contributed by atoms with Crippen molar-refractivity contribution in [1.82, 2.24) is 0 Å². The predicted octanol–water partition coefficient (Wildman–Crippen LogP) is 6.17. The summed E-state index contributed by atoms with van der Waals surface area (Å²) in [6.07, 6.45) is -0.100. The average molecular weight is 508 g/mol. The van der Waals surface area contributed by atoms with Crippen LogP contribution in [-0.2, 0) is 26.1 Å². The number of carboxylic acids is 1. The first kappa shape index (κ1) is 25.9. The number of ether oxygens (including phenoxy) is 1. The largest absolute Gasteiger partial charge is 0.479 e. The van der Waals surface area contributed by atoms with Crippen molar-refractivity contribution in [2.45, 2.75) is 59.8 Å². The molecule has 1 N–H and O–H groups in total. The van der Waals surface area contributed by atoms with Crippen molar-refractivity contribution in [2.75, 3.05) is 10.6 Å². The van der Waals surface area contributed by atoms with Gasteiger partial charge < -0.3 is 9.84 Å². The van der Waals surface area contributed by atoms with Crippen LogP contribution in [0, 0.1) is 20.8 Å². The van der Waals surface area contributed by atoms with Gasteiger partial charge in [0.05, 0.1) is 24.1 Å². The summed E-state index contributed by atoms with van der Waals surface area (Å²) in [5.41, 5.74) is 7.02. The van der Waals surface area contributed by atoms with Crippen LogP contribution in [0.25, 0.3) is 22.3 Å². The molecule has 36 heavy (non-hydrogen) atoms. The molecule has 3 aromatic carbocycles. The Labute approximate surface area is 213 Å². The number of sulfonamides is 1. The molecule has 1 atom stereocenters. The number of aryl methyl sites for hydroxylation is 1. The van der Waals surface area contributed by atoms with Crippen molar-refractivity contribution in [1.29, 1.82) is 0 Å². The Morgan fingerprint density at radius 2 is 1.58 bits per heavy atom. The SMILES string of the molecule is Cc1ccc(-c2c(C)c3c(c(C)c2[C@H](OC(C)(C)C)C(=O)O)N(S(C)(=O)=O)Cc2ccccc2-3)cc1. The number of nitrogens with zero attached hydrogens (tertiary/aromatic N) is 1. The van der Waals surface area contributed by atoms with Crippen LogP contribution in [0.15, 0.2) is 48.5 Å². The summed E-state index contributed by atoms with van der Waals surface area (Å²) in [4.78, 5) is 12.7. The van der Waals surface area contributed by atoms with Gasteiger partial charge >= 0.3 is 5.97 Å². The Bertz CT molecular complexity index is 1450. The monoisotopic (exact) mass is 507 g/mol. The third-order valence-electron chi connectivity index (χ3n) is 6.56. The topological polar surface area (TPSA) is 83.9 Å². The van der Waals surface area contributed by atoms with Crippen LogP contribution in [0.5, 0.6) is 0 Å². The maximum absolute atomic E-state index is 13.0. The molecule has 0 saturated carbocycles. The molecule has 0 spiro atoms. The molecule has 190 valence electrons. The van der Waals surface area contributed by atoms with Crippen molar-refractivity contribution in [3.8, 4) is 22.3 Å². The van der Waals surface area contributed by atoms with Crippen LogP contribution in [0.1, 0.15) is 54.7 Å². The second-order valence-corrected chi connectivity index (χ2v) is 12.4. The van der Waals surface area contributed by atoms with Gasteiger partial charge in [0, 0.05) is 11.1 Å². The number of fused-ring (bicyclic) bond motifs is 3. The van der Waals surface area contributed by atoms with Gasteiger partial charge in [-0.25, -0.2) is 13.2 Å². The van der Waals surface area contributed by atoms with Crippen LogP contribution in [0.3, 0.4) is 0 Å². The van der Waals surface area contributed by atoms with E-state index in [9.17, 15) is 18.3 Å². The van der Waals surface area contributed by atoms with Crippen LogP contribution in [0.4, 0.5) is 5.69 Å². The average Bonchev–Trinajstić information content (AvgIpc) is 2.78. The van der Waals surface area contributed by atoms with Gasteiger partial charge in [-0.15, -0.1) is 0 Å². The minimum absolute atomic E-state index is 0.184. The second kappa shape index (κ2) is 9.05. The molecule has 1 heterocycles. The smallest absolute Gasteiger partial charge is 0.337 e. The summed E-state index contributed by atoms with van der Waals surface area (Å²) in [6, 6.07) is 15.7. The first-order valence-electron chi connectivity index (χ1n) is 11.9. The number of hydrogen-bond acceptors (Lipinski definition) is 4. The number of carboxylic acid groups (broad SMARTS) is 1. The van der Waals surface area contributed by atoms with Crippen molar-refractivity contribution < 1.29 is 23.1 Å². The minimum atomic E-state index is -3.66. The first-order valence-corrected chi connectivity index (χ1v) is 13.8. The third-order valence-corrected chi connectivity index (χ3v) is 7.68. The molecule has 0 unspecified atom stereocenters. The minimum Gasteiger partial charge on any atom is -0.479 e. The molecular weight excluding hydrogens is 474 g/mol. The highest BCUT2D eigenvalue weighted by Crippen LogP contribution is 2.51. The summed E-state index contributed by atoms with van der Waals surface area (Å²) in [6.45, 7) is 11.4. The van der Waals surface area contributed by atoms with Crippen molar-refractivity contribution in [2.24, 2.45) is 0 Å². The highest BCUT2D eigenvalue weighted by atomic mass is 32.2. The Morgan fingerprint density at radius 1 is 0.972 bits per heavy atom. The molecule has 6 nitrogen and oxygen atoms in total. The number of anilines is 1. The van der Waals surface area contributed by atoms with Crippen LogP contribution in [-0.4, -0.2) is 31.4 Å². The van der Waals surface area contributed by atoms with Crippen molar-refractivity contribution in [3.05, 3.63) is 76.3 Å². The van der Waals surface area contributed by atoms with E-state index in [-0.39, 0.29) is 6.54 Å². The van der Waals surface area contributed by atoms with Gasteiger partial charge in [0.1, 0.15) is 0 Å². The van der Waals surface area contributed by atoms with Crippen LogP contribution < -0.4 is 4.31 Å². The van der Waals surface area contributed by atoms with E-state index in [1.165, 1.54) is 10.6 Å². The van der Waals surface area contributed by atoms with Crippen LogP contribution >= 0.6 is 0 Å². The van der Waals surface area contributed by atoms with E-state index in [1.54, 1.807) is 6.92 Å². The molecule has 0 fully saturated rings. The summed E-state index contributed by atoms with van der Waals surface area (Å²) in [5, 5.41) is 10.4. The predicted molar refractivity (Wildman–Crippen MR) is 144 cm³/mol. The summed E-state index contributed by atoms with van der Waals surface area (Å²) >= 11 is 0. The van der Waals surface area contributed by atoms with Gasteiger partial charge in [0.2, 0.25) is 10.0 Å². The van der Waals surface area contributed by atoms with E-state index in [1.807, 2.05) is 83.1 Å². The Balaban J connectivity index is 2.20. The quantitative estimate of drug-likeness (QED) is 0.447. The van der Waals surface area contributed by atoms with Gasteiger partial charge in [-0.2, -0.15) is 0 Å². The number of benzene rings is 3. The molecule has 0 aromatic heterocycles. The summed E-state index contributed by atoms with van der Waals surface area (Å²) in [7, 11) is -3.66. The fourth-order valence-electron chi connectivity index (χ4n) is 5.07. The van der Waals surface area contributed by atoms with E-state index in [2.05, 4.69) is 0 Å². The molecule has 7 heteroatoms. The van der Waals surface area contributed by atoms with Crippen LogP contribution in [0.2, 0.25) is 0 Å². The lowest BCUT2D eigenvalue weighted by Crippen LogP contribution is -2.34. The lowest BCUT2D eigenvalue weighted by atomic mass is 9.80. The number of hydrogen-bond donors (Lipinski definition) is 1. The lowest BCUT2D eigenvalue weighted by Gasteiger charge is -2.37. The Morgan fingerprint density at radius 3 is 2.14 bits per heavy atom. The molecule has 0 aliphatic carbocycles. The Hall–Kier alpha value is -3.16. The van der Waals surface area contributed by atoms with E-state index in [0.29, 0.717) is 16.8 Å². The van der Waals surface area contributed by atoms with E-state index >= 15 is 0 Å². The highest BCUT2D eigenvalue weighted by Gasteiger charge is 2.38. The maximum Gasteiger partial charge on any atom is 0.337 e. The molecule has 4 rings (SSSR count). The lowest BCUT2D eigenvalue weighted by molar-refractivity contribution is -0.160. The van der Waals surface area contributed by atoms with Gasteiger partial charge in [-0.3, -0.25) is 4.31 Å². The summed E-state index contributed by atoms with van der Waals surface area (Å²) < 4.78 is 33.6. The zero-order chi connectivity index (χ0) is 26.6. The van der Waals surface area contributed by atoms with E-state index in [4.69, 9.17) is 4.74 Å². The standard InChI is InChI=1S/C29H33NO5S/c1-17-12-14-20(15-13-17)23-18(2)24-22-11-9-8-10-21(22)16-30(36(7,33)34)26(24)19(3)25(23)27(28(31)32)35-29(4,5)6/h8-15,27H,16H2,1-7H3,(H,31,32)/t27-/m0/s1. The van der Waals surface area contributed by atoms with Gasteiger partial charge in [-0.05, 0) is 74.9 Å². The number of carbonyl (C=O) groups is 1. The Kier molecular flexibility index (Phi) is 6.52. The molecule has 0 amide bonds. The molecule has 1 aliphatic heterocycles. The molecule has 3 aromatic rings. The molecule has 0 bridgehead atoms. The van der Waals surface area contributed by atoms with Gasteiger partial charge in [-0.1, -0.05) is 54.1 Å². The van der Waals surface area contributed by atoms with Crippen molar-refractivity contribution in [3.63, 3.8) is 0 Å². The number of aliphatic carboxylic acids is 1. The van der Waals surface area contributed by atoms with E-state index < -0.39 is 27.7 Å².